The molecular formula is C20H19ClN4. The lowest BCUT2D eigenvalue weighted by atomic mass is 10.1. The van der Waals surface area contributed by atoms with Crippen molar-refractivity contribution < 1.29 is 0 Å². The van der Waals surface area contributed by atoms with Gasteiger partial charge in [-0.1, -0.05) is 36.4 Å². The van der Waals surface area contributed by atoms with Crippen LogP contribution in [0, 0.1) is 11.3 Å². The summed E-state index contributed by atoms with van der Waals surface area (Å²) in [5.41, 5.74) is 11.0. The molecule has 0 unspecified atom stereocenters. The first-order valence-corrected chi connectivity index (χ1v) is 7.82. The highest BCUT2D eigenvalue weighted by Crippen LogP contribution is 2.23. The van der Waals surface area contributed by atoms with E-state index < -0.39 is 0 Å². The van der Waals surface area contributed by atoms with Gasteiger partial charge in [0, 0.05) is 29.6 Å². The predicted molar refractivity (Wildman–Crippen MR) is 104 cm³/mol. The molecule has 3 N–H and O–H groups in total. The van der Waals surface area contributed by atoms with Crippen molar-refractivity contribution in [3.05, 3.63) is 77.2 Å². The van der Waals surface area contributed by atoms with Gasteiger partial charge >= 0.3 is 0 Å². The molecule has 0 fully saturated rings. The number of pyridine rings is 1. The Morgan fingerprint density at radius 2 is 1.92 bits per heavy atom. The van der Waals surface area contributed by atoms with Crippen LogP contribution in [0.15, 0.2) is 54.7 Å². The minimum atomic E-state index is 0. The third kappa shape index (κ3) is 4.57. The molecule has 0 spiro atoms. The molecule has 5 heteroatoms. The van der Waals surface area contributed by atoms with Gasteiger partial charge in [-0.2, -0.15) is 5.26 Å². The molecule has 0 saturated carbocycles. The van der Waals surface area contributed by atoms with Crippen molar-refractivity contribution in [3.8, 4) is 17.3 Å². The van der Waals surface area contributed by atoms with E-state index in [1.165, 1.54) is 0 Å². The highest BCUT2D eigenvalue weighted by molar-refractivity contribution is 5.85. The molecule has 0 aliphatic heterocycles. The molecule has 0 atom stereocenters. The molecule has 2 aromatic heterocycles. The summed E-state index contributed by atoms with van der Waals surface area (Å²) in [7, 11) is 0. The van der Waals surface area contributed by atoms with Gasteiger partial charge in [0.15, 0.2) is 0 Å². The van der Waals surface area contributed by atoms with Crippen LogP contribution in [-0.2, 0) is 6.42 Å². The molecule has 0 amide bonds. The predicted octanol–water partition coefficient (Wildman–Crippen LogP) is 4.04. The number of benzene rings is 1. The van der Waals surface area contributed by atoms with E-state index >= 15 is 0 Å². The first-order chi connectivity index (χ1) is 11.8. The van der Waals surface area contributed by atoms with E-state index in [9.17, 15) is 5.26 Å². The number of rotatable bonds is 5. The summed E-state index contributed by atoms with van der Waals surface area (Å²) in [6, 6.07) is 18.1. The lowest BCUT2D eigenvalue weighted by molar-refractivity contribution is 0.932. The van der Waals surface area contributed by atoms with E-state index in [0.717, 1.165) is 28.2 Å². The smallest absolute Gasteiger partial charge is 0.101 e. The van der Waals surface area contributed by atoms with Gasteiger partial charge in [-0.3, -0.25) is 4.98 Å². The van der Waals surface area contributed by atoms with E-state index in [1.807, 2.05) is 60.7 Å². The zero-order valence-corrected chi connectivity index (χ0v) is 14.5. The van der Waals surface area contributed by atoms with Crippen LogP contribution >= 0.6 is 12.4 Å². The van der Waals surface area contributed by atoms with Crippen LogP contribution in [0.1, 0.15) is 22.5 Å². The molecule has 4 nitrogen and oxygen atoms in total. The topological polar surface area (TPSA) is 78.5 Å². The van der Waals surface area contributed by atoms with E-state index in [0.29, 0.717) is 18.5 Å². The fraction of sp³-hybridized carbons (Fsp3) is 0.100. The summed E-state index contributed by atoms with van der Waals surface area (Å²) in [5.74, 6) is 0. The van der Waals surface area contributed by atoms with Crippen molar-refractivity contribution in [2.45, 2.75) is 6.42 Å². The van der Waals surface area contributed by atoms with Crippen LogP contribution in [0.25, 0.3) is 23.4 Å². The molecule has 3 aromatic rings. The lowest BCUT2D eigenvalue weighted by Crippen LogP contribution is -2.04. The number of H-pyrrole nitrogens is 1. The van der Waals surface area contributed by atoms with Crippen LogP contribution in [0.5, 0.6) is 0 Å². The summed E-state index contributed by atoms with van der Waals surface area (Å²) in [4.78, 5) is 7.68. The number of aromatic amines is 1. The Kier molecular flexibility index (Phi) is 6.53. The Morgan fingerprint density at radius 1 is 1.12 bits per heavy atom. The minimum Gasteiger partial charge on any atom is -0.357 e. The summed E-state index contributed by atoms with van der Waals surface area (Å²) in [6.45, 7) is 0.510. The van der Waals surface area contributed by atoms with Crippen LogP contribution < -0.4 is 5.73 Å². The fourth-order valence-electron chi connectivity index (χ4n) is 2.55. The third-order valence-corrected chi connectivity index (χ3v) is 3.75. The highest BCUT2D eigenvalue weighted by atomic mass is 35.5. The number of nitrogens with two attached hydrogens (primary N) is 1. The van der Waals surface area contributed by atoms with E-state index in [2.05, 4.69) is 16.0 Å². The van der Waals surface area contributed by atoms with E-state index in [-0.39, 0.29) is 12.4 Å². The Bertz CT molecular complexity index is 892. The number of nitrogens with zero attached hydrogens (tertiary/aromatic N) is 2. The Hall–Kier alpha value is -2.87. The van der Waals surface area contributed by atoms with Crippen molar-refractivity contribution in [1.29, 1.82) is 5.26 Å². The van der Waals surface area contributed by atoms with Crippen LogP contribution in [0.2, 0.25) is 0 Å². The van der Waals surface area contributed by atoms with Gasteiger partial charge in [-0.25, -0.2) is 0 Å². The number of halogens is 1. The van der Waals surface area contributed by atoms with Gasteiger partial charge in [-0.05, 0) is 36.4 Å². The Morgan fingerprint density at radius 3 is 2.64 bits per heavy atom. The molecule has 2 heterocycles. The van der Waals surface area contributed by atoms with Crippen LogP contribution in [-0.4, -0.2) is 16.5 Å². The lowest BCUT2D eigenvalue weighted by Gasteiger charge is -2.00. The summed E-state index contributed by atoms with van der Waals surface area (Å²) in [5, 5.41) is 9.24. The first kappa shape index (κ1) is 18.5. The molecule has 126 valence electrons. The second kappa shape index (κ2) is 8.84. The molecule has 0 aliphatic carbocycles. The van der Waals surface area contributed by atoms with Gasteiger partial charge in [-0.15, -0.1) is 12.4 Å². The summed E-state index contributed by atoms with van der Waals surface area (Å²) >= 11 is 0. The van der Waals surface area contributed by atoms with E-state index in [4.69, 9.17) is 5.73 Å². The van der Waals surface area contributed by atoms with Gasteiger partial charge in [0.1, 0.15) is 6.07 Å². The maximum atomic E-state index is 9.24. The maximum absolute atomic E-state index is 9.24. The summed E-state index contributed by atoms with van der Waals surface area (Å²) < 4.78 is 0. The highest BCUT2D eigenvalue weighted by Gasteiger charge is 2.09. The third-order valence-electron chi connectivity index (χ3n) is 3.75. The van der Waals surface area contributed by atoms with Gasteiger partial charge < -0.3 is 10.7 Å². The molecule has 0 saturated heterocycles. The largest absolute Gasteiger partial charge is 0.357 e. The van der Waals surface area contributed by atoms with E-state index in [1.54, 1.807) is 6.20 Å². The minimum absolute atomic E-state index is 0. The number of nitriles is 1. The maximum Gasteiger partial charge on any atom is 0.101 e. The monoisotopic (exact) mass is 350 g/mol. The average molecular weight is 351 g/mol. The molecule has 0 radical (unpaired) electrons. The van der Waals surface area contributed by atoms with Crippen molar-refractivity contribution in [2.24, 2.45) is 5.73 Å². The number of aromatic nitrogens is 2. The first-order valence-electron chi connectivity index (χ1n) is 7.82. The number of nitrogens with one attached hydrogen (secondary N) is 1. The fourth-order valence-corrected chi connectivity index (χ4v) is 2.55. The molecule has 1 aromatic carbocycles. The van der Waals surface area contributed by atoms with Gasteiger partial charge in [0.2, 0.25) is 0 Å². The Balaban J connectivity index is 0.00000225. The van der Waals surface area contributed by atoms with Gasteiger partial charge in [0.05, 0.1) is 11.3 Å². The van der Waals surface area contributed by atoms with Crippen LogP contribution in [0.4, 0.5) is 0 Å². The zero-order chi connectivity index (χ0) is 16.8. The second-order valence-electron chi connectivity index (χ2n) is 5.44. The number of hydrogen-bond donors (Lipinski definition) is 2. The van der Waals surface area contributed by atoms with Crippen molar-refractivity contribution >= 4 is 24.6 Å². The SMILES string of the molecule is Cl.N#Cc1cc(-c2ccnc(/C=C/c3ccccc3)c2)[nH]c1CCN. The van der Waals surface area contributed by atoms with Crippen molar-refractivity contribution in [1.82, 2.24) is 9.97 Å². The second-order valence-corrected chi connectivity index (χ2v) is 5.44. The molecule has 25 heavy (non-hydrogen) atoms. The quantitative estimate of drug-likeness (QED) is 0.728. The zero-order valence-electron chi connectivity index (χ0n) is 13.6. The van der Waals surface area contributed by atoms with Crippen molar-refractivity contribution in [2.75, 3.05) is 6.54 Å². The average Bonchev–Trinajstić information content (AvgIpc) is 3.05. The van der Waals surface area contributed by atoms with Crippen molar-refractivity contribution in [3.63, 3.8) is 0 Å². The van der Waals surface area contributed by atoms with Crippen LogP contribution in [0.3, 0.4) is 0 Å². The Labute approximate surface area is 153 Å². The molecular weight excluding hydrogens is 332 g/mol. The molecule has 0 aliphatic rings. The summed E-state index contributed by atoms with van der Waals surface area (Å²) in [6.07, 6.45) is 6.44. The molecule has 3 rings (SSSR count). The molecule has 0 bridgehead atoms. The normalized spacial score (nSPS) is 10.4. The van der Waals surface area contributed by atoms with Gasteiger partial charge in [0.25, 0.3) is 0 Å². The number of hydrogen-bond acceptors (Lipinski definition) is 3. The standard InChI is InChI=1S/C20H18N4.ClH/c21-10-8-19-17(14-22)13-20(24-19)16-9-11-23-18(12-16)7-6-15-4-2-1-3-5-15;/h1-7,9,11-13,24H,8,10,21H2;1H/b7-6+;.